The van der Waals surface area contributed by atoms with Crippen LogP contribution in [0.4, 0.5) is 0 Å². The Balaban J connectivity index is 3.23. The number of hydrogen-bond donors (Lipinski definition) is 1. The number of aliphatic carboxylic acids is 1. The predicted octanol–water partition coefficient (Wildman–Crippen LogP) is 5.56. The Morgan fingerprint density at radius 1 is 0.682 bits per heavy atom. The van der Waals surface area contributed by atoms with E-state index in [1.165, 1.54) is 44.9 Å². The van der Waals surface area contributed by atoms with Crippen LogP contribution < -0.4 is 0 Å². The summed E-state index contributed by atoms with van der Waals surface area (Å²) in [4.78, 5) is 10.3. The van der Waals surface area contributed by atoms with Crippen LogP contribution in [0.25, 0.3) is 0 Å². The lowest BCUT2D eigenvalue weighted by Crippen LogP contribution is -1.91. The first-order valence-electron chi connectivity index (χ1n) is 8.90. The third-order valence-corrected chi connectivity index (χ3v) is 3.47. The van der Waals surface area contributed by atoms with E-state index in [-0.39, 0.29) is 6.42 Å². The van der Waals surface area contributed by atoms with E-state index in [4.69, 9.17) is 5.11 Å². The second kappa shape index (κ2) is 17.6. The third-order valence-electron chi connectivity index (χ3n) is 3.47. The smallest absolute Gasteiger partial charge is 0.304 e. The fourth-order valence-corrected chi connectivity index (χ4v) is 2.12. The maximum atomic E-state index is 10.3. The molecule has 0 aromatic rings. The van der Waals surface area contributed by atoms with E-state index in [1.807, 2.05) is 0 Å². The summed E-state index contributed by atoms with van der Waals surface area (Å²) in [5.41, 5.74) is 0. The van der Waals surface area contributed by atoms with Gasteiger partial charge in [-0.05, 0) is 19.3 Å². The molecule has 0 spiro atoms. The summed E-state index contributed by atoms with van der Waals surface area (Å²) in [6.45, 7) is 2.25. The molecule has 0 unspecified atom stereocenters. The van der Waals surface area contributed by atoms with Crippen molar-refractivity contribution in [3.8, 4) is 23.7 Å². The zero-order valence-electron chi connectivity index (χ0n) is 14.3. The summed E-state index contributed by atoms with van der Waals surface area (Å²) < 4.78 is 0. The second-order valence-corrected chi connectivity index (χ2v) is 5.68. The van der Waals surface area contributed by atoms with Gasteiger partial charge in [0.2, 0.25) is 0 Å². The molecule has 0 rings (SSSR count). The van der Waals surface area contributed by atoms with Crippen LogP contribution >= 0.6 is 0 Å². The zero-order valence-corrected chi connectivity index (χ0v) is 14.3. The lowest BCUT2D eigenvalue weighted by atomic mass is 10.1. The van der Waals surface area contributed by atoms with Gasteiger partial charge in [0.1, 0.15) is 0 Å². The molecule has 0 saturated heterocycles. The third kappa shape index (κ3) is 18.6. The van der Waals surface area contributed by atoms with Crippen molar-refractivity contribution < 1.29 is 9.90 Å². The Labute approximate surface area is 137 Å². The number of carbonyl (C=O) groups is 1. The molecule has 124 valence electrons. The van der Waals surface area contributed by atoms with Crippen LogP contribution in [0, 0.1) is 23.7 Å². The van der Waals surface area contributed by atoms with Crippen LogP contribution in [0.2, 0.25) is 0 Å². The van der Waals surface area contributed by atoms with Gasteiger partial charge in [-0.25, -0.2) is 0 Å². The van der Waals surface area contributed by atoms with Crippen LogP contribution in [0.3, 0.4) is 0 Å². The van der Waals surface area contributed by atoms with E-state index in [9.17, 15) is 4.79 Å². The van der Waals surface area contributed by atoms with Crippen LogP contribution in [-0.4, -0.2) is 11.1 Å². The molecule has 2 nitrogen and oxygen atoms in total. The van der Waals surface area contributed by atoms with Crippen LogP contribution in [-0.2, 0) is 4.79 Å². The van der Waals surface area contributed by atoms with Crippen LogP contribution in [0.15, 0.2) is 0 Å². The fourth-order valence-electron chi connectivity index (χ4n) is 2.12. The Morgan fingerprint density at radius 3 is 1.59 bits per heavy atom. The molecule has 0 atom stereocenters. The van der Waals surface area contributed by atoms with Gasteiger partial charge in [-0.3, -0.25) is 4.79 Å². The highest BCUT2D eigenvalue weighted by Crippen LogP contribution is 2.06. The topological polar surface area (TPSA) is 37.3 Å². The maximum Gasteiger partial charge on any atom is 0.304 e. The van der Waals surface area contributed by atoms with Crippen molar-refractivity contribution >= 4 is 5.97 Å². The van der Waals surface area contributed by atoms with E-state index < -0.39 is 5.97 Å². The van der Waals surface area contributed by atoms with Gasteiger partial charge < -0.3 is 5.11 Å². The first-order valence-corrected chi connectivity index (χ1v) is 8.90. The van der Waals surface area contributed by atoms with Crippen LogP contribution in [0.5, 0.6) is 0 Å². The Hall–Kier alpha value is -1.41. The van der Waals surface area contributed by atoms with Crippen molar-refractivity contribution in [2.75, 3.05) is 0 Å². The summed E-state index contributed by atoms with van der Waals surface area (Å²) >= 11 is 0. The van der Waals surface area contributed by atoms with Gasteiger partial charge in [-0.2, -0.15) is 0 Å². The van der Waals surface area contributed by atoms with Gasteiger partial charge in [-0.15, -0.1) is 23.7 Å². The molecule has 0 heterocycles. The minimum atomic E-state index is -0.770. The van der Waals surface area contributed by atoms with E-state index in [1.54, 1.807) is 0 Å². The largest absolute Gasteiger partial charge is 0.481 e. The molecule has 0 saturated carbocycles. The molecular formula is C20H32O2. The molecule has 0 radical (unpaired) electrons. The molecule has 0 aliphatic rings. The SMILES string of the molecule is CCCCCCCCC#CCCCCCC#CCCC(=O)O. The standard InChI is InChI=1S/C20H32O2/c1-2-3-4-5-6-7-8-9-10-11-12-13-14-15-16-17-18-19-20(21)22/h2-8,11-15,18-19H2,1H3,(H,21,22). The molecule has 2 heteroatoms. The first-order chi connectivity index (χ1) is 10.8. The summed E-state index contributed by atoms with van der Waals surface area (Å²) in [5, 5.41) is 8.46. The van der Waals surface area contributed by atoms with E-state index in [0.29, 0.717) is 6.42 Å². The first kappa shape index (κ1) is 20.6. The van der Waals surface area contributed by atoms with Gasteiger partial charge in [-0.1, -0.05) is 45.4 Å². The van der Waals surface area contributed by atoms with Crippen molar-refractivity contribution in [2.24, 2.45) is 0 Å². The van der Waals surface area contributed by atoms with Crippen molar-refractivity contribution in [2.45, 2.75) is 96.8 Å². The number of carboxylic acid groups (broad SMARTS) is 1. The van der Waals surface area contributed by atoms with Crippen molar-refractivity contribution in [1.29, 1.82) is 0 Å². The second-order valence-electron chi connectivity index (χ2n) is 5.68. The highest BCUT2D eigenvalue weighted by atomic mass is 16.4. The number of unbranched alkanes of at least 4 members (excludes halogenated alkanes) is 10. The summed E-state index contributed by atoms with van der Waals surface area (Å²) in [7, 11) is 0. The number of rotatable bonds is 12. The quantitative estimate of drug-likeness (QED) is 0.378. The number of carboxylic acids is 1. The Bertz CT molecular complexity index is 376. The van der Waals surface area contributed by atoms with Crippen molar-refractivity contribution in [3.63, 3.8) is 0 Å². The minimum Gasteiger partial charge on any atom is -0.481 e. The average Bonchev–Trinajstić information content (AvgIpc) is 2.50. The lowest BCUT2D eigenvalue weighted by molar-refractivity contribution is -0.136. The maximum absolute atomic E-state index is 10.3. The normalized spacial score (nSPS) is 9.50. The molecule has 0 amide bonds. The van der Waals surface area contributed by atoms with Gasteiger partial charge >= 0.3 is 5.97 Å². The van der Waals surface area contributed by atoms with E-state index in [2.05, 4.69) is 30.6 Å². The van der Waals surface area contributed by atoms with Gasteiger partial charge in [0.25, 0.3) is 0 Å². The highest BCUT2D eigenvalue weighted by molar-refractivity contribution is 5.66. The average molecular weight is 304 g/mol. The molecular weight excluding hydrogens is 272 g/mol. The monoisotopic (exact) mass is 304 g/mol. The summed E-state index contributed by atoms with van der Waals surface area (Å²) in [5.74, 6) is 11.7. The van der Waals surface area contributed by atoms with E-state index in [0.717, 1.165) is 32.1 Å². The molecule has 22 heavy (non-hydrogen) atoms. The molecule has 0 aliphatic carbocycles. The van der Waals surface area contributed by atoms with Crippen molar-refractivity contribution in [3.05, 3.63) is 0 Å². The fraction of sp³-hybridized carbons (Fsp3) is 0.750. The lowest BCUT2D eigenvalue weighted by Gasteiger charge is -1.96. The van der Waals surface area contributed by atoms with E-state index >= 15 is 0 Å². The number of hydrogen-bond acceptors (Lipinski definition) is 1. The Kier molecular flexibility index (Phi) is 16.5. The van der Waals surface area contributed by atoms with Crippen molar-refractivity contribution in [1.82, 2.24) is 0 Å². The summed E-state index contributed by atoms with van der Waals surface area (Å²) in [6, 6.07) is 0. The van der Waals surface area contributed by atoms with Crippen LogP contribution in [0.1, 0.15) is 96.8 Å². The minimum absolute atomic E-state index is 0.154. The highest BCUT2D eigenvalue weighted by Gasteiger charge is 1.91. The zero-order chi connectivity index (χ0) is 16.3. The molecule has 0 fully saturated rings. The van der Waals surface area contributed by atoms with Gasteiger partial charge in [0.15, 0.2) is 0 Å². The van der Waals surface area contributed by atoms with Gasteiger partial charge in [0, 0.05) is 25.7 Å². The Morgan fingerprint density at radius 2 is 1.09 bits per heavy atom. The van der Waals surface area contributed by atoms with Gasteiger partial charge in [0.05, 0.1) is 6.42 Å². The molecule has 0 aromatic carbocycles. The molecule has 0 aromatic heterocycles. The predicted molar refractivity (Wildman–Crippen MR) is 93.5 cm³/mol. The molecule has 1 N–H and O–H groups in total. The molecule has 0 aliphatic heterocycles. The summed E-state index contributed by atoms with van der Waals surface area (Å²) in [6.07, 6.45) is 15.0. The molecule has 0 bridgehead atoms.